The van der Waals surface area contributed by atoms with Gasteiger partial charge in [-0.1, -0.05) is 0 Å². The quantitative estimate of drug-likeness (QED) is 0.755. The zero-order chi connectivity index (χ0) is 10.1. The number of aromatic nitrogens is 3. The smallest absolute Gasteiger partial charge is 0.233 e. The van der Waals surface area contributed by atoms with E-state index in [4.69, 9.17) is 0 Å². The number of rotatable bonds is 1. The average Bonchev–Trinajstić information content (AvgIpc) is 2.77. The predicted octanol–water partition coefficient (Wildman–Crippen LogP) is 1.20. The van der Waals surface area contributed by atoms with Gasteiger partial charge in [-0.15, -0.1) is 0 Å². The third kappa shape index (κ3) is 1.61. The lowest BCUT2D eigenvalue weighted by Crippen LogP contribution is -2.28. The van der Waals surface area contributed by atoms with E-state index in [-0.39, 0.29) is 0 Å². The molecule has 78 valence electrons. The summed E-state index contributed by atoms with van der Waals surface area (Å²) in [5, 5.41) is 3.42. The Morgan fingerprint density at radius 1 is 1.40 bits per heavy atom. The van der Waals surface area contributed by atoms with Crippen molar-refractivity contribution in [3.05, 3.63) is 30.4 Å². The van der Waals surface area contributed by atoms with Crippen molar-refractivity contribution in [2.24, 2.45) is 0 Å². The summed E-state index contributed by atoms with van der Waals surface area (Å²) in [4.78, 5) is 8.48. The highest BCUT2D eigenvalue weighted by Crippen LogP contribution is 2.22. The highest BCUT2D eigenvalue weighted by molar-refractivity contribution is 5.30. The molecule has 4 heteroatoms. The lowest BCUT2D eigenvalue weighted by atomic mass is 9.94. The SMILES string of the molecule is c1cn2cc(C3CCCNC3)cnc2n1. The first-order valence-electron chi connectivity index (χ1n) is 5.43. The lowest BCUT2D eigenvalue weighted by molar-refractivity contribution is 0.460. The van der Waals surface area contributed by atoms with Gasteiger partial charge in [0.05, 0.1) is 0 Å². The van der Waals surface area contributed by atoms with Gasteiger partial charge in [0.1, 0.15) is 0 Å². The summed E-state index contributed by atoms with van der Waals surface area (Å²) in [5.74, 6) is 1.39. The van der Waals surface area contributed by atoms with Crippen LogP contribution in [0.15, 0.2) is 24.8 Å². The van der Waals surface area contributed by atoms with Crippen LogP contribution in [0.2, 0.25) is 0 Å². The molecule has 0 amide bonds. The Bertz CT molecular complexity index is 456. The van der Waals surface area contributed by atoms with E-state index >= 15 is 0 Å². The standard InChI is InChI=1S/C11H14N4/c1-2-9(6-12-3-1)10-7-14-11-13-4-5-15(11)8-10/h4-5,7-9,12H,1-3,6H2. The zero-order valence-corrected chi connectivity index (χ0v) is 8.56. The number of hydrogen-bond acceptors (Lipinski definition) is 3. The molecule has 0 aliphatic carbocycles. The molecule has 1 unspecified atom stereocenters. The van der Waals surface area contributed by atoms with Crippen molar-refractivity contribution < 1.29 is 0 Å². The minimum Gasteiger partial charge on any atom is -0.316 e. The summed E-state index contributed by atoms with van der Waals surface area (Å²) in [5.41, 5.74) is 1.31. The fraction of sp³-hybridized carbons (Fsp3) is 0.455. The molecule has 0 aromatic carbocycles. The first kappa shape index (κ1) is 8.85. The second-order valence-corrected chi connectivity index (χ2v) is 4.07. The molecule has 2 aromatic rings. The van der Waals surface area contributed by atoms with Gasteiger partial charge in [0.2, 0.25) is 5.78 Å². The third-order valence-corrected chi connectivity index (χ3v) is 3.03. The van der Waals surface area contributed by atoms with Crippen molar-refractivity contribution in [3.8, 4) is 0 Å². The van der Waals surface area contributed by atoms with Gasteiger partial charge >= 0.3 is 0 Å². The van der Waals surface area contributed by atoms with Crippen molar-refractivity contribution >= 4 is 5.78 Å². The van der Waals surface area contributed by atoms with Crippen LogP contribution in [0.5, 0.6) is 0 Å². The number of hydrogen-bond donors (Lipinski definition) is 1. The van der Waals surface area contributed by atoms with E-state index in [0.29, 0.717) is 5.92 Å². The minimum absolute atomic E-state index is 0.609. The molecule has 0 spiro atoms. The average molecular weight is 202 g/mol. The van der Waals surface area contributed by atoms with Gasteiger partial charge in [-0.25, -0.2) is 9.97 Å². The molecule has 0 bridgehead atoms. The van der Waals surface area contributed by atoms with Crippen LogP contribution in [-0.2, 0) is 0 Å². The van der Waals surface area contributed by atoms with Gasteiger partial charge in [0, 0.05) is 31.3 Å². The predicted molar refractivity (Wildman–Crippen MR) is 57.8 cm³/mol. The molecule has 1 fully saturated rings. The van der Waals surface area contributed by atoms with Crippen LogP contribution in [0.25, 0.3) is 5.78 Å². The minimum atomic E-state index is 0.609. The van der Waals surface area contributed by atoms with Crippen LogP contribution < -0.4 is 5.32 Å². The van der Waals surface area contributed by atoms with Gasteiger partial charge in [-0.3, -0.25) is 4.40 Å². The molecule has 3 rings (SSSR count). The molecular formula is C11H14N4. The molecular weight excluding hydrogens is 188 g/mol. The van der Waals surface area contributed by atoms with E-state index in [0.717, 1.165) is 18.9 Å². The van der Waals surface area contributed by atoms with Gasteiger partial charge in [0.15, 0.2) is 0 Å². The Labute approximate surface area is 88.4 Å². The van der Waals surface area contributed by atoms with Crippen LogP contribution in [0.4, 0.5) is 0 Å². The van der Waals surface area contributed by atoms with Crippen molar-refractivity contribution in [1.29, 1.82) is 0 Å². The van der Waals surface area contributed by atoms with E-state index in [1.165, 1.54) is 18.4 Å². The van der Waals surface area contributed by atoms with Crippen LogP contribution in [0.1, 0.15) is 24.3 Å². The fourth-order valence-electron chi connectivity index (χ4n) is 2.18. The summed E-state index contributed by atoms with van der Waals surface area (Å²) >= 11 is 0. The maximum atomic E-state index is 4.34. The van der Waals surface area contributed by atoms with Gasteiger partial charge in [-0.05, 0) is 30.9 Å². The molecule has 4 nitrogen and oxygen atoms in total. The van der Waals surface area contributed by atoms with Crippen LogP contribution in [-0.4, -0.2) is 27.5 Å². The molecule has 2 aromatic heterocycles. The number of imidazole rings is 1. The summed E-state index contributed by atoms with van der Waals surface area (Å²) in [7, 11) is 0. The monoisotopic (exact) mass is 202 g/mol. The Morgan fingerprint density at radius 2 is 2.40 bits per heavy atom. The second kappa shape index (κ2) is 3.62. The highest BCUT2D eigenvalue weighted by Gasteiger charge is 2.15. The topological polar surface area (TPSA) is 42.2 Å². The Hall–Kier alpha value is -1.42. The first-order valence-corrected chi connectivity index (χ1v) is 5.43. The summed E-state index contributed by atoms with van der Waals surface area (Å²) in [6.45, 7) is 2.22. The van der Waals surface area contributed by atoms with E-state index in [2.05, 4.69) is 21.5 Å². The molecule has 0 saturated carbocycles. The third-order valence-electron chi connectivity index (χ3n) is 3.03. The van der Waals surface area contributed by atoms with Crippen LogP contribution in [0, 0.1) is 0 Å². The Kier molecular flexibility index (Phi) is 2.14. The Morgan fingerprint density at radius 3 is 3.27 bits per heavy atom. The van der Waals surface area contributed by atoms with Gasteiger partial charge in [0.25, 0.3) is 0 Å². The number of nitrogens with zero attached hydrogens (tertiary/aromatic N) is 3. The molecule has 1 aliphatic heterocycles. The fourth-order valence-corrected chi connectivity index (χ4v) is 2.18. The van der Waals surface area contributed by atoms with Gasteiger partial charge < -0.3 is 5.32 Å². The van der Waals surface area contributed by atoms with E-state index in [1.807, 2.05) is 16.8 Å². The summed E-state index contributed by atoms with van der Waals surface area (Å²) < 4.78 is 1.99. The molecule has 3 heterocycles. The van der Waals surface area contributed by atoms with Crippen molar-refractivity contribution in [1.82, 2.24) is 19.7 Å². The van der Waals surface area contributed by atoms with E-state index < -0.39 is 0 Å². The number of nitrogens with one attached hydrogen (secondary N) is 1. The molecule has 1 aliphatic rings. The molecule has 1 saturated heterocycles. The maximum Gasteiger partial charge on any atom is 0.233 e. The van der Waals surface area contributed by atoms with Gasteiger partial charge in [-0.2, -0.15) is 0 Å². The molecule has 1 N–H and O–H groups in total. The maximum absolute atomic E-state index is 4.34. The highest BCUT2D eigenvalue weighted by atomic mass is 15.1. The summed E-state index contributed by atoms with van der Waals surface area (Å²) in [6, 6.07) is 0. The van der Waals surface area contributed by atoms with Crippen LogP contribution >= 0.6 is 0 Å². The van der Waals surface area contributed by atoms with E-state index in [1.54, 1.807) is 6.20 Å². The summed E-state index contributed by atoms with van der Waals surface area (Å²) in [6.07, 6.45) is 10.3. The largest absolute Gasteiger partial charge is 0.316 e. The second-order valence-electron chi connectivity index (χ2n) is 4.07. The Balaban J connectivity index is 1.95. The zero-order valence-electron chi connectivity index (χ0n) is 8.56. The van der Waals surface area contributed by atoms with Crippen LogP contribution in [0.3, 0.4) is 0 Å². The van der Waals surface area contributed by atoms with Crippen molar-refractivity contribution in [2.45, 2.75) is 18.8 Å². The number of piperidine rings is 1. The molecule has 1 atom stereocenters. The number of fused-ring (bicyclic) bond motifs is 1. The van der Waals surface area contributed by atoms with E-state index in [9.17, 15) is 0 Å². The molecule has 15 heavy (non-hydrogen) atoms. The normalized spacial score (nSPS) is 22.0. The lowest BCUT2D eigenvalue weighted by Gasteiger charge is -2.22. The van der Waals surface area contributed by atoms with Crippen molar-refractivity contribution in [2.75, 3.05) is 13.1 Å². The van der Waals surface area contributed by atoms with Crippen molar-refractivity contribution in [3.63, 3.8) is 0 Å². The first-order chi connectivity index (χ1) is 7.43. The molecule has 0 radical (unpaired) electrons.